The zero-order valence-corrected chi connectivity index (χ0v) is 12.2. The molecule has 0 radical (unpaired) electrons. The van der Waals surface area contributed by atoms with Gasteiger partial charge in [0.1, 0.15) is 0 Å². The summed E-state index contributed by atoms with van der Waals surface area (Å²) in [5.74, 6) is 2.86. The molecule has 0 aromatic carbocycles. The number of hydrogen-bond donors (Lipinski definition) is 2. The van der Waals surface area contributed by atoms with Crippen LogP contribution in [0.1, 0.15) is 51.9 Å². The van der Waals surface area contributed by atoms with Crippen molar-refractivity contribution in [3.63, 3.8) is 0 Å². The third-order valence-corrected chi connectivity index (χ3v) is 5.54. The topological polar surface area (TPSA) is 41.1 Å². The number of rotatable bonds is 3. The first-order valence-electron chi connectivity index (χ1n) is 8.27. The molecule has 4 unspecified atom stereocenters. The summed E-state index contributed by atoms with van der Waals surface area (Å²) in [6.45, 7) is 4.33. The van der Waals surface area contributed by atoms with E-state index in [0.717, 1.165) is 37.8 Å². The van der Waals surface area contributed by atoms with Crippen LogP contribution in [-0.4, -0.2) is 25.0 Å². The average molecular weight is 264 g/mol. The van der Waals surface area contributed by atoms with Crippen LogP contribution in [-0.2, 0) is 4.79 Å². The summed E-state index contributed by atoms with van der Waals surface area (Å²) in [6.07, 6.45) is 9.19. The maximum Gasteiger partial charge on any atom is 0.223 e. The van der Waals surface area contributed by atoms with Gasteiger partial charge in [0.05, 0.1) is 0 Å². The predicted octanol–water partition coefficient (Wildman–Crippen LogP) is 2.32. The Morgan fingerprint density at radius 3 is 2.68 bits per heavy atom. The second kappa shape index (κ2) is 5.82. The molecule has 1 heterocycles. The summed E-state index contributed by atoms with van der Waals surface area (Å²) in [7, 11) is 0. The molecule has 108 valence electrons. The molecule has 3 aliphatic rings. The number of carbonyl (C=O) groups excluding carboxylic acids is 1. The van der Waals surface area contributed by atoms with E-state index < -0.39 is 0 Å². The second-order valence-corrected chi connectivity index (χ2v) is 6.99. The highest BCUT2D eigenvalue weighted by molar-refractivity contribution is 5.81. The van der Waals surface area contributed by atoms with Crippen LogP contribution in [0.25, 0.3) is 0 Å². The molecule has 3 nitrogen and oxygen atoms in total. The maximum atomic E-state index is 12.3. The van der Waals surface area contributed by atoms with Crippen LogP contribution < -0.4 is 10.6 Å². The highest BCUT2D eigenvalue weighted by Gasteiger charge is 2.47. The van der Waals surface area contributed by atoms with Gasteiger partial charge in [0.2, 0.25) is 5.91 Å². The molecule has 2 saturated carbocycles. The van der Waals surface area contributed by atoms with E-state index in [-0.39, 0.29) is 0 Å². The van der Waals surface area contributed by atoms with Crippen molar-refractivity contribution in [2.24, 2.45) is 23.7 Å². The van der Waals surface area contributed by atoms with Crippen molar-refractivity contribution in [3.8, 4) is 0 Å². The van der Waals surface area contributed by atoms with Gasteiger partial charge in [0.25, 0.3) is 0 Å². The first-order valence-corrected chi connectivity index (χ1v) is 8.27. The van der Waals surface area contributed by atoms with Gasteiger partial charge in [-0.25, -0.2) is 0 Å². The number of hydrogen-bond acceptors (Lipinski definition) is 2. The minimum atomic E-state index is 0.352. The zero-order valence-electron chi connectivity index (χ0n) is 12.2. The van der Waals surface area contributed by atoms with Crippen LogP contribution in [0.5, 0.6) is 0 Å². The van der Waals surface area contributed by atoms with Gasteiger partial charge >= 0.3 is 0 Å². The summed E-state index contributed by atoms with van der Waals surface area (Å²) in [5.41, 5.74) is 0. The standard InChI is InChI=1S/C16H28N2O/c1-11-10-17-8-7-15(11)18-16(19)14-9-13(14)12-5-3-2-4-6-12/h11-15,17H,2-10H2,1H3,(H,18,19). The molecule has 0 spiro atoms. The molecule has 0 aromatic heterocycles. The van der Waals surface area contributed by atoms with Crippen molar-refractivity contribution in [2.45, 2.75) is 57.9 Å². The molecule has 2 aliphatic carbocycles. The largest absolute Gasteiger partial charge is 0.353 e. The minimum Gasteiger partial charge on any atom is -0.353 e. The molecule has 3 rings (SSSR count). The summed E-state index contributed by atoms with van der Waals surface area (Å²) >= 11 is 0. The third-order valence-electron chi connectivity index (χ3n) is 5.54. The first kappa shape index (κ1) is 13.4. The highest BCUT2D eigenvalue weighted by atomic mass is 16.2. The van der Waals surface area contributed by atoms with E-state index in [1.54, 1.807) is 0 Å². The molecule has 0 bridgehead atoms. The van der Waals surface area contributed by atoms with Crippen LogP contribution >= 0.6 is 0 Å². The van der Waals surface area contributed by atoms with E-state index >= 15 is 0 Å². The van der Waals surface area contributed by atoms with Gasteiger partial charge in [-0.3, -0.25) is 4.79 Å². The molecule has 1 saturated heterocycles. The molecular formula is C16H28N2O. The monoisotopic (exact) mass is 264 g/mol. The Labute approximate surface area is 116 Å². The van der Waals surface area contributed by atoms with E-state index in [0.29, 0.717) is 23.8 Å². The number of carbonyl (C=O) groups is 1. The van der Waals surface area contributed by atoms with Gasteiger partial charge in [-0.15, -0.1) is 0 Å². The van der Waals surface area contributed by atoms with E-state index in [4.69, 9.17) is 0 Å². The first-order chi connectivity index (χ1) is 9.25. The van der Waals surface area contributed by atoms with E-state index in [9.17, 15) is 4.79 Å². The van der Waals surface area contributed by atoms with Crippen LogP contribution in [0.3, 0.4) is 0 Å². The van der Waals surface area contributed by atoms with E-state index in [1.807, 2.05) is 0 Å². The van der Waals surface area contributed by atoms with Crippen LogP contribution in [0.4, 0.5) is 0 Å². The Kier molecular flexibility index (Phi) is 4.11. The van der Waals surface area contributed by atoms with E-state index in [1.165, 1.54) is 32.1 Å². The lowest BCUT2D eigenvalue weighted by Gasteiger charge is -2.30. The second-order valence-electron chi connectivity index (χ2n) is 6.99. The molecule has 3 heteroatoms. The smallest absolute Gasteiger partial charge is 0.223 e. The molecule has 1 amide bonds. The molecule has 1 aliphatic heterocycles. The molecule has 0 aromatic rings. The van der Waals surface area contributed by atoms with Gasteiger partial charge < -0.3 is 10.6 Å². The van der Waals surface area contributed by atoms with E-state index in [2.05, 4.69) is 17.6 Å². The fourth-order valence-corrected chi connectivity index (χ4v) is 4.12. The number of nitrogens with one attached hydrogen (secondary N) is 2. The lowest BCUT2D eigenvalue weighted by atomic mass is 9.85. The Morgan fingerprint density at radius 2 is 1.95 bits per heavy atom. The SMILES string of the molecule is CC1CNCCC1NC(=O)C1CC1C1CCCCC1. The average Bonchev–Trinajstić information content (AvgIpc) is 3.23. The molecule has 3 fully saturated rings. The lowest BCUT2D eigenvalue weighted by molar-refractivity contribution is -0.124. The summed E-state index contributed by atoms with van der Waals surface area (Å²) < 4.78 is 0. The summed E-state index contributed by atoms with van der Waals surface area (Å²) in [6, 6.07) is 0.404. The molecule has 19 heavy (non-hydrogen) atoms. The Bertz CT molecular complexity index is 325. The molecule has 2 N–H and O–H groups in total. The van der Waals surface area contributed by atoms with Gasteiger partial charge in [0, 0.05) is 12.0 Å². The Balaban J connectivity index is 1.46. The van der Waals surface area contributed by atoms with Crippen molar-refractivity contribution in [3.05, 3.63) is 0 Å². The summed E-state index contributed by atoms with van der Waals surface area (Å²) in [5, 5.41) is 6.71. The van der Waals surface area contributed by atoms with Crippen LogP contribution in [0.15, 0.2) is 0 Å². The van der Waals surface area contributed by atoms with Crippen molar-refractivity contribution in [2.75, 3.05) is 13.1 Å². The van der Waals surface area contributed by atoms with Crippen LogP contribution in [0, 0.1) is 23.7 Å². The third kappa shape index (κ3) is 3.13. The lowest BCUT2D eigenvalue weighted by Crippen LogP contribution is -2.49. The highest BCUT2D eigenvalue weighted by Crippen LogP contribution is 2.49. The normalized spacial score (nSPS) is 39.8. The van der Waals surface area contributed by atoms with Crippen LogP contribution in [0.2, 0.25) is 0 Å². The van der Waals surface area contributed by atoms with Crippen molar-refractivity contribution >= 4 is 5.91 Å². The quantitative estimate of drug-likeness (QED) is 0.821. The van der Waals surface area contributed by atoms with Gasteiger partial charge in [0.15, 0.2) is 0 Å². The molecular weight excluding hydrogens is 236 g/mol. The Hall–Kier alpha value is -0.570. The fraction of sp³-hybridized carbons (Fsp3) is 0.938. The van der Waals surface area contributed by atoms with Crippen molar-refractivity contribution < 1.29 is 4.79 Å². The van der Waals surface area contributed by atoms with Crippen molar-refractivity contribution in [1.29, 1.82) is 0 Å². The van der Waals surface area contributed by atoms with Gasteiger partial charge in [-0.1, -0.05) is 39.0 Å². The summed E-state index contributed by atoms with van der Waals surface area (Å²) in [4.78, 5) is 12.3. The van der Waals surface area contributed by atoms with Crippen molar-refractivity contribution in [1.82, 2.24) is 10.6 Å². The molecule has 4 atom stereocenters. The fourth-order valence-electron chi connectivity index (χ4n) is 4.12. The number of amides is 1. The predicted molar refractivity (Wildman–Crippen MR) is 76.8 cm³/mol. The zero-order chi connectivity index (χ0) is 13.2. The Morgan fingerprint density at radius 1 is 1.16 bits per heavy atom. The minimum absolute atomic E-state index is 0.352. The van der Waals surface area contributed by atoms with Gasteiger partial charge in [-0.2, -0.15) is 0 Å². The van der Waals surface area contributed by atoms with Gasteiger partial charge in [-0.05, 0) is 43.7 Å². The number of piperidine rings is 1. The maximum absolute atomic E-state index is 12.3.